The molecule has 1 aliphatic rings. The zero-order valence-corrected chi connectivity index (χ0v) is 22.3. The van der Waals surface area contributed by atoms with Gasteiger partial charge < -0.3 is 14.6 Å². The fourth-order valence-electron chi connectivity index (χ4n) is 4.39. The lowest BCUT2D eigenvalue weighted by atomic mass is 10.0. The van der Waals surface area contributed by atoms with Crippen LogP contribution in [0.4, 0.5) is 0 Å². The van der Waals surface area contributed by atoms with Crippen LogP contribution in [0.5, 0.6) is 0 Å². The van der Waals surface area contributed by atoms with Crippen LogP contribution in [0, 0.1) is 0 Å². The number of H-pyrrole nitrogens is 1. The van der Waals surface area contributed by atoms with Gasteiger partial charge in [-0.3, -0.25) is 14.3 Å². The normalized spacial score (nSPS) is 22.8. The SMILES string of the molecule is CCCCCCCCCCCCCCCCO[C@@H]1[C@H](O)[C@@H](CI)O[C@H]1n1ccc(=O)[nH]c1=O. The van der Waals surface area contributed by atoms with Crippen molar-refractivity contribution in [3.63, 3.8) is 0 Å². The highest BCUT2D eigenvalue weighted by Crippen LogP contribution is 2.32. The number of aromatic nitrogens is 2. The van der Waals surface area contributed by atoms with Crippen molar-refractivity contribution >= 4 is 22.6 Å². The summed E-state index contributed by atoms with van der Waals surface area (Å²) in [6.45, 7) is 2.78. The molecular formula is C25H43IN2O5. The van der Waals surface area contributed by atoms with Gasteiger partial charge in [-0.15, -0.1) is 0 Å². The topological polar surface area (TPSA) is 93.5 Å². The lowest BCUT2D eigenvalue weighted by Gasteiger charge is -2.22. The fraction of sp³-hybridized carbons (Fsp3) is 0.840. The van der Waals surface area contributed by atoms with Crippen molar-refractivity contribution < 1.29 is 14.6 Å². The van der Waals surface area contributed by atoms with E-state index >= 15 is 0 Å². The maximum absolute atomic E-state index is 12.2. The molecule has 33 heavy (non-hydrogen) atoms. The number of aliphatic hydroxyl groups excluding tert-OH is 1. The average molecular weight is 579 g/mol. The highest BCUT2D eigenvalue weighted by atomic mass is 127. The maximum atomic E-state index is 12.2. The van der Waals surface area contributed by atoms with E-state index in [4.69, 9.17) is 9.47 Å². The summed E-state index contributed by atoms with van der Waals surface area (Å²) in [5.74, 6) is 0. The zero-order valence-electron chi connectivity index (χ0n) is 20.2. The molecule has 8 heteroatoms. The van der Waals surface area contributed by atoms with Crippen molar-refractivity contribution in [2.75, 3.05) is 11.0 Å². The molecule has 0 amide bonds. The molecule has 0 aromatic carbocycles. The summed E-state index contributed by atoms with van der Waals surface area (Å²) in [5.41, 5.74) is -1.01. The Balaban J connectivity index is 1.58. The number of aromatic amines is 1. The van der Waals surface area contributed by atoms with Crippen LogP contribution >= 0.6 is 22.6 Å². The van der Waals surface area contributed by atoms with E-state index in [-0.39, 0.29) is 0 Å². The highest BCUT2D eigenvalue weighted by molar-refractivity contribution is 14.1. The Kier molecular flexibility index (Phi) is 14.6. The van der Waals surface area contributed by atoms with Gasteiger partial charge in [-0.1, -0.05) is 113 Å². The number of nitrogens with one attached hydrogen (secondary N) is 1. The first-order valence-corrected chi connectivity index (χ1v) is 14.4. The molecule has 2 N–H and O–H groups in total. The summed E-state index contributed by atoms with van der Waals surface area (Å²) < 4.78 is 13.7. The van der Waals surface area contributed by atoms with Crippen LogP contribution < -0.4 is 11.2 Å². The quantitative estimate of drug-likeness (QED) is 0.144. The minimum absolute atomic E-state index is 0.407. The van der Waals surface area contributed by atoms with E-state index in [1.807, 2.05) is 0 Å². The molecule has 190 valence electrons. The third kappa shape index (κ3) is 10.2. The molecule has 0 unspecified atom stereocenters. The van der Waals surface area contributed by atoms with Crippen molar-refractivity contribution in [2.45, 2.75) is 121 Å². The summed E-state index contributed by atoms with van der Waals surface area (Å²) in [6.07, 6.45) is 17.0. The third-order valence-corrected chi connectivity index (χ3v) is 7.27. The van der Waals surface area contributed by atoms with Crippen molar-refractivity contribution in [3.05, 3.63) is 33.1 Å². The monoisotopic (exact) mass is 578 g/mol. The second kappa shape index (κ2) is 16.8. The number of rotatable bonds is 18. The third-order valence-electron chi connectivity index (χ3n) is 6.40. The van der Waals surface area contributed by atoms with Crippen LogP contribution in [0.2, 0.25) is 0 Å². The van der Waals surface area contributed by atoms with Crippen LogP contribution in [0.25, 0.3) is 0 Å². The number of ether oxygens (including phenoxy) is 2. The van der Waals surface area contributed by atoms with Crippen LogP contribution in [0.15, 0.2) is 21.9 Å². The average Bonchev–Trinajstić information content (AvgIpc) is 3.11. The highest BCUT2D eigenvalue weighted by Gasteiger charge is 2.45. The van der Waals surface area contributed by atoms with E-state index in [1.54, 1.807) is 0 Å². The van der Waals surface area contributed by atoms with Crippen molar-refractivity contribution in [1.29, 1.82) is 0 Å². The van der Waals surface area contributed by atoms with E-state index in [0.717, 1.165) is 12.8 Å². The number of aliphatic hydroxyl groups is 1. The van der Waals surface area contributed by atoms with Gasteiger partial charge >= 0.3 is 5.69 Å². The molecule has 2 heterocycles. The largest absolute Gasteiger partial charge is 0.387 e. The molecule has 0 spiro atoms. The number of alkyl halides is 1. The molecule has 4 atom stereocenters. The number of hydrogen-bond acceptors (Lipinski definition) is 5. The van der Waals surface area contributed by atoms with E-state index in [1.165, 1.54) is 93.9 Å². The van der Waals surface area contributed by atoms with Crippen LogP contribution in [-0.4, -0.2) is 44.0 Å². The first-order chi connectivity index (χ1) is 16.1. The number of nitrogens with zero attached hydrogens (tertiary/aromatic N) is 1. The van der Waals surface area contributed by atoms with Crippen LogP contribution in [-0.2, 0) is 9.47 Å². The van der Waals surface area contributed by atoms with Crippen molar-refractivity contribution in [1.82, 2.24) is 9.55 Å². The first-order valence-electron chi connectivity index (χ1n) is 12.9. The number of unbranched alkanes of at least 4 members (excludes halogenated alkanes) is 13. The van der Waals surface area contributed by atoms with Gasteiger partial charge in [-0.05, 0) is 6.42 Å². The Morgan fingerprint density at radius 1 is 0.970 bits per heavy atom. The maximum Gasteiger partial charge on any atom is 0.330 e. The Morgan fingerprint density at radius 3 is 2.03 bits per heavy atom. The molecule has 0 saturated carbocycles. The predicted octanol–water partition coefficient (Wildman–Crippen LogP) is 5.10. The van der Waals surface area contributed by atoms with Gasteiger partial charge in [0.15, 0.2) is 6.23 Å². The van der Waals surface area contributed by atoms with Gasteiger partial charge in [-0.25, -0.2) is 4.79 Å². The van der Waals surface area contributed by atoms with E-state index in [0.29, 0.717) is 11.0 Å². The van der Waals surface area contributed by atoms with E-state index in [2.05, 4.69) is 34.5 Å². The molecule has 2 rings (SSSR count). The molecule has 0 radical (unpaired) electrons. The minimum atomic E-state index is -0.808. The van der Waals surface area contributed by atoms with Gasteiger partial charge in [0.05, 0.1) is 6.10 Å². The summed E-state index contributed by atoms with van der Waals surface area (Å²) in [7, 11) is 0. The van der Waals surface area contributed by atoms with Gasteiger partial charge in [0.25, 0.3) is 5.56 Å². The van der Waals surface area contributed by atoms with Crippen molar-refractivity contribution in [3.8, 4) is 0 Å². The molecule has 1 aliphatic heterocycles. The minimum Gasteiger partial charge on any atom is -0.387 e. The lowest BCUT2D eigenvalue weighted by molar-refractivity contribution is -0.0699. The van der Waals surface area contributed by atoms with E-state index < -0.39 is 35.8 Å². The van der Waals surface area contributed by atoms with Crippen LogP contribution in [0.1, 0.15) is 103 Å². The standard InChI is InChI=1S/C25H43IN2O5/c1-2-3-4-5-6-7-8-9-10-11-12-13-14-15-18-32-23-22(30)20(19-26)33-24(23)28-17-16-21(29)27-25(28)31/h16-17,20,22-24,30H,2-15,18-19H2,1H3,(H,27,29,31)/t20-,22-,23-,24-/m1/s1. The first kappa shape index (κ1) is 28.5. The second-order valence-corrected chi connectivity index (χ2v) is 10.0. The predicted molar refractivity (Wildman–Crippen MR) is 140 cm³/mol. The van der Waals surface area contributed by atoms with Gasteiger partial charge in [0.1, 0.15) is 12.2 Å². The summed E-state index contributed by atoms with van der Waals surface area (Å²) in [5, 5.41) is 10.6. The smallest absolute Gasteiger partial charge is 0.330 e. The Bertz CT molecular complexity index is 753. The molecule has 1 aromatic heterocycles. The Labute approximate surface area is 211 Å². The molecule has 1 saturated heterocycles. The number of halogens is 1. The lowest BCUT2D eigenvalue weighted by Crippen LogP contribution is -2.39. The zero-order chi connectivity index (χ0) is 23.9. The molecule has 0 bridgehead atoms. The molecule has 1 aromatic rings. The van der Waals surface area contributed by atoms with E-state index in [9.17, 15) is 14.7 Å². The second-order valence-electron chi connectivity index (χ2n) is 9.16. The molecular weight excluding hydrogens is 535 g/mol. The Morgan fingerprint density at radius 2 is 1.52 bits per heavy atom. The van der Waals surface area contributed by atoms with Gasteiger partial charge in [0.2, 0.25) is 0 Å². The number of hydrogen-bond donors (Lipinski definition) is 2. The van der Waals surface area contributed by atoms with Crippen molar-refractivity contribution in [2.24, 2.45) is 0 Å². The molecule has 1 fully saturated rings. The summed E-state index contributed by atoms with van der Waals surface area (Å²) >= 11 is 2.15. The van der Waals surface area contributed by atoms with Gasteiger partial charge in [-0.2, -0.15) is 0 Å². The fourth-order valence-corrected chi connectivity index (χ4v) is 5.12. The molecule has 0 aliphatic carbocycles. The summed E-state index contributed by atoms with van der Waals surface area (Å²) in [6, 6.07) is 1.28. The van der Waals surface area contributed by atoms with Gasteiger partial charge in [0, 0.05) is 23.3 Å². The molecule has 7 nitrogen and oxygen atoms in total. The Hall–Kier alpha value is -0.710. The summed E-state index contributed by atoms with van der Waals surface area (Å²) in [4.78, 5) is 25.8. The van der Waals surface area contributed by atoms with Crippen LogP contribution in [0.3, 0.4) is 0 Å².